The number of hydrogen-bond donors (Lipinski definition) is 1. The van der Waals surface area contributed by atoms with Gasteiger partial charge in [-0.15, -0.1) is 21.5 Å². The highest BCUT2D eigenvalue weighted by molar-refractivity contribution is 7.99. The first-order valence-electron chi connectivity index (χ1n) is 10.3. The molecule has 35 heavy (non-hydrogen) atoms. The van der Waals surface area contributed by atoms with Crippen LogP contribution in [0.5, 0.6) is 5.75 Å². The molecule has 0 bridgehead atoms. The summed E-state index contributed by atoms with van der Waals surface area (Å²) in [7, 11) is 4.68. The molecule has 0 atom stereocenters. The van der Waals surface area contributed by atoms with Crippen molar-refractivity contribution in [1.82, 2.24) is 14.8 Å². The summed E-state index contributed by atoms with van der Waals surface area (Å²) in [6, 6.07) is 13.2. The second-order valence-corrected chi connectivity index (χ2v) is 9.11. The Morgan fingerprint density at radius 3 is 2.60 bits per heavy atom. The summed E-state index contributed by atoms with van der Waals surface area (Å²) in [5.74, 6) is 0.100. The third-order valence-electron chi connectivity index (χ3n) is 5.08. The smallest absolute Gasteiger partial charge is 0.341 e. The maximum absolute atomic E-state index is 13.3. The molecular weight excluding hydrogens is 491 g/mol. The monoisotopic (exact) mass is 512 g/mol. The zero-order valence-corrected chi connectivity index (χ0v) is 20.7. The van der Waals surface area contributed by atoms with Crippen molar-refractivity contribution in [3.8, 4) is 28.3 Å². The van der Waals surface area contributed by atoms with Crippen LogP contribution >= 0.6 is 23.1 Å². The van der Waals surface area contributed by atoms with Gasteiger partial charge in [0, 0.05) is 23.6 Å². The molecule has 0 aliphatic carbocycles. The minimum Gasteiger partial charge on any atom is -0.497 e. The Bertz CT molecular complexity index is 1370. The van der Waals surface area contributed by atoms with Gasteiger partial charge in [0.2, 0.25) is 5.91 Å². The molecule has 2 aromatic carbocycles. The molecule has 0 fully saturated rings. The number of benzene rings is 2. The molecule has 0 unspecified atom stereocenters. The van der Waals surface area contributed by atoms with Gasteiger partial charge in [0.05, 0.1) is 20.0 Å². The molecule has 1 amide bonds. The molecule has 8 nitrogen and oxygen atoms in total. The number of aromatic nitrogens is 3. The molecule has 4 aromatic rings. The van der Waals surface area contributed by atoms with Crippen LogP contribution in [0.1, 0.15) is 10.4 Å². The fourth-order valence-electron chi connectivity index (χ4n) is 3.34. The summed E-state index contributed by atoms with van der Waals surface area (Å²) < 4.78 is 25.3. The number of nitrogens with one attached hydrogen (secondary N) is 1. The van der Waals surface area contributed by atoms with Crippen LogP contribution in [0.4, 0.5) is 9.39 Å². The Labute approximate surface area is 209 Å². The van der Waals surface area contributed by atoms with Gasteiger partial charge in [0.15, 0.2) is 11.0 Å². The number of esters is 1. The summed E-state index contributed by atoms with van der Waals surface area (Å²) in [5, 5.41) is 13.8. The average Bonchev–Trinajstić information content (AvgIpc) is 3.46. The minimum absolute atomic E-state index is 0.0501. The summed E-state index contributed by atoms with van der Waals surface area (Å²) in [6.45, 7) is 0. The highest BCUT2D eigenvalue weighted by Gasteiger charge is 2.23. The first-order valence-corrected chi connectivity index (χ1v) is 12.2. The van der Waals surface area contributed by atoms with E-state index in [0.717, 1.165) is 5.56 Å². The maximum atomic E-state index is 13.3. The number of thiophene rings is 1. The summed E-state index contributed by atoms with van der Waals surface area (Å²) in [5.41, 5.74) is 2.26. The number of thioether (sulfide) groups is 1. The molecule has 0 spiro atoms. The number of carbonyl (C=O) groups excluding carboxylic acids is 2. The number of halogens is 1. The lowest BCUT2D eigenvalue weighted by molar-refractivity contribution is -0.113. The summed E-state index contributed by atoms with van der Waals surface area (Å²) in [6.07, 6.45) is 0. The molecule has 4 rings (SSSR count). The zero-order chi connectivity index (χ0) is 24.9. The van der Waals surface area contributed by atoms with E-state index in [-0.39, 0.29) is 23.0 Å². The van der Waals surface area contributed by atoms with Gasteiger partial charge < -0.3 is 19.4 Å². The number of anilines is 1. The van der Waals surface area contributed by atoms with Gasteiger partial charge in [-0.25, -0.2) is 9.18 Å². The largest absolute Gasteiger partial charge is 0.497 e. The van der Waals surface area contributed by atoms with E-state index < -0.39 is 5.97 Å². The lowest BCUT2D eigenvalue weighted by Crippen LogP contribution is -2.16. The molecule has 11 heteroatoms. The third kappa shape index (κ3) is 5.36. The quantitative estimate of drug-likeness (QED) is 0.266. The van der Waals surface area contributed by atoms with Gasteiger partial charge in [0.1, 0.15) is 22.1 Å². The molecule has 2 aromatic heterocycles. The fraction of sp³-hybridized carbons (Fsp3) is 0.167. The lowest BCUT2D eigenvalue weighted by Gasteiger charge is -2.08. The Hall–Kier alpha value is -3.70. The molecule has 1 N–H and O–H groups in total. The normalized spacial score (nSPS) is 10.7. The highest BCUT2D eigenvalue weighted by atomic mass is 32.2. The molecule has 180 valence electrons. The first-order chi connectivity index (χ1) is 16.9. The van der Waals surface area contributed by atoms with Gasteiger partial charge in [-0.1, -0.05) is 36.0 Å². The Morgan fingerprint density at radius 2 is 1.89 bits per heavy atom. The number of rotatable bonds is 8. The van der Waals surface area contributed by atoms with Crippen LogP contribution in [-0.4, -0.2) is 46.6 Å². The Balaban J connectivity index is 1.48. The highest BCUT2D eigenvalue weighted by Crippen LogP contribution is 2.36. The molecule has 0 saturated heterocycles. The van der Waals surface area contributed by atoms with Crippen LogP contribution in [0.2, 0.25) is 0 Å². The van der Waals surface area contributed by atoms with Crippen molar-refractivity contribution in [3.05, 3.63) is 65.3 Å². The lowest BCUT2D eigenvalue weighted by atomic mass is 10.0. The summed E-state index contributed by atoms with van der Waals surface area (Å²) >= 11 is 2.41. The van der Waals surface area contributed by atoms with E-state index in [0.29, 0.717) is 32.9 Å². The number of hydrogen-bond acceptors (Lipinski definition) is 8. The van der Waals surface area contributed by atoms with Crippen molar-refractivity contribution in [2.24, 2.45) is 7.05 Å². The molecule has 0 radical (unpaired) electrons. The predicted octanol–water partition coefficient (Wildman–Crippen LogP) is 4.88. The summed E-state index contributed by atoms with van der Waals surface area (Å²) in [4.78, 5) is 25.2. The first kappa shape index (κ1) is 24.4. The number of nitrogens with zero attached hydrogens (tertiary/aromatic N) is 3. The van der Waals surface area contributed by atoms with E-state index in [1.807, 2.05) is 31.3 Å². The van der Waals surface area contributed by atoms with Crippen molar-refractivity contribution in [1.29, 1.82) is 0 Å². The number of methoxy groups -OCH3 is 2. The van der Waals surface area contributed by atoms with E-state index in [4.69, 9.17) is 9.47 Å². The average molecular weight is 513 g/mol. The van der Waals surface area contributed by atoms with Gasteiger partial charge in [-0.2, -0.15) is 0 Å². The maximum Gasteiger partial charge on any atom is 0.341 e. The standard InChI is InChI=1S/C24H21FN4O4S2/c1-29-21(15-5-4-6-17(11-15)32-2)27-28-24(29)35-13-19(30)26-22-20(23(31)33-3)18(12-34-22)14-7-9-16(25)10-8-14/h4-12H,13H2,1-3H3,(H,26,30). The van der Waals surface area contributed by atoms with Crippen molar-refractivity contribution >= 4 is 40.0 Å². The minimum atomic E-state index is -0.593. The van der Waals surface area contributed by atoms with Crippen LogP contribution in [0.15, 0.2) is 59.1 Å². The van der Waals surface area contributed by atoms with E-state index in [1.165, 1.54) is 42.3 Å². The van der Waals surface area contributed by atoms with E-state index in [9.17, 15) is 14.0 Å². The van der Waals surface area contributed by atoms with Crippen molar-refractivity contribution in [3.63, 3.8) is 0 Å². The second kappa shape index (κ2) is 10.7. The fourth-order valence-corrected chi connectivity index (χ4v) is 5.03. The molecule has 0 aliphatic rings. The van der Waals surface area contributed by atoms with E-state index in [2.05, 4.69) is 15.5 Å². The van der Waals surface area contributed by atoms with E-state index in [1.54, 1.807) is 29.2 Å². The van der Waals surface area contributed by atoms with Crippen molar-refractivity contribution < 1.29 is 23.5 Å². The molecule has 0 saturated carbocycles. The number of amides is 1. The Morgan fingerprint density at radius 1 is 1.11 bits per heavy atom. The van der Waals surface area contributed by atoms with Gasteiger partial charge in [-0.3, -0.25) is 4.79 Å². The Kier molecular flexibility index (Phi) is 7.47. The number of carbonyl (C=O) groups is 2. The molecule has 2 heterocycles. The number of ether oxygens (including phenoxy) is 2. The van der Waals surface area contributed by atoms with Gasteiger partial charge in [0.25, 0.3) is 0 Å². The van der Waals surface area contributed by atoms with Crippen LogP contribution in [0, 0.1) is 5.82 Å². The van der Waals surface area contributed by atoms with Crippen molar-refractivity contribution in [2.45, 2.75) is 5.16 Å². The van der Waals surface area contributed by atoms with Crippen LogP contribution in [-0.2, 0) is 16.6 Å². The van der Waals surface area contributed by atoms with Gasteiger partial charge in [-0.05, 0) is 29.8 Å². The predicted molar refractivity (Wildman–Crippen MR) is 133 cm³/mol. The van der Waals surface area contributed by atoms with Gasteiger partial charge >= 0.3 is 5.97 Å². The van der Waals surface area contributed by atoms with Crippen LogP contribution in [0.3, 0.4) is 0 Å². The zero-order valence-electron chi connectivity index (χ0n) is 19.1. The SMILES string of the molecule is COC(=O)c1c(-c2ccc(F)cc2)csc1NC(=O)CSc1nnc(-c2cccc(OC)c2)n1C. The molecule has 0 aliphatic heterocycles. The van der Waals surface area contributed by atoms with E-state index >= 15 is 0 Å². The van der Waals surface area contributed by atoms with Crippen LogP contribution < -0.4 is 10.1 Å². The van der Waals surface area contributed by atoms with Crippen LogP contribution in [0.25, 0.3) is 22.5 Å². The second-order valence-electron chi connectivity index (χ2n) is 7.29. The van der Waals surface area contributed by atoms with Crippen molar-refractivity contribution in [2.75, 3.05) is 25.3 Å². The molecular formula is C24H21FN4O4S2. The third-order valence-corrected chi connectivity index (χ3v) is 7.00. The topological polar surface area (TPSA) is 95.3 Å².